The van der Waals surface area contributed by atoms with Gasteiger partial charge in [0.15, 0.2) is 0 Å². The average Bonchev–Trinajstić information content (AvgIpc) is 2.67. The summed E-state index contributed by atoms with van der Waals surface area (Å²) in [6.07, 6.45) is 3.90. The van der Waals surface area contributed by atoms with Crippen molar-refractivity contribution in [2.24, 2.45) is 5.92 Å². The van der Waals surface area contributed by atoms with Crippen LogP contribution < -0.4 is 16.0 Å². The Labute approximate surface area is 166 Å². The summed E-state index contributed by atoms with van der Waals surface area (Å²) in [4.78, 5) is 34.8. The maximum Gasteiger partial charge on any atom is 0.325 e. The largest absolute Gasteiger partial charge is 0.468 e. The fourth-order valence-electron chi connectivity index (χ4n) is 2.93. The third-order valence-electron chi connectivity index (χ3n) is 4.50. The first-order chi connectivity index (χ1) is 12.6. The van der Waals surface area contributed by atoms with Gasteiger partial charge in [0.1, 0.15) is 6.54 Å². The molecule has 1 aromatic rings. The quantitative estimate of drug-likeness (QED) is 0.580. The molecule has 0 spiro atoms. The molecule has 1 aliphatic heterocycles. The predicted octanol–water partition coefficient (Wildman–Crippen LogP) is 1.66. The third kappa shape index (κ3) is 8.88. The van der Waals surface area contributed by atoms with Crippen molar-refractivity contribution in [3.05, 3.63) is 29.8 Å². The molecule has 0 aromatic heterocycles. The van der Waals surface area contributed by atoms with Gasteiger partial charge in [0.05, 0.1) is 13.5 Å². The summed E-state index contributed by atoms with van der Waals surface area (Å²) < 4.78 is 4.46. The highest BCUT2D eigenvalue weighted by atomic mass is 35.5. The highest BCUT2D eigenvalue weighted by molar-refractivity contribution is 5.90. The molecule has 3 N–H and O–H groups in total. The van der Waals surface area contributed by atoms with Gasteiger partial charge in [0, 0.05) is 12.1 Å². The van der Waals surface area contributed by atoms with Gasteiger partial charge < -0.3 is 20.7 Å². The van der Waals surface area contributed by atoms with Gasteiger partial charge in [-0.25, -0.2) is 0 Å². The summed E-state index contributed by atoms with van der Waals surface area (Å²) in [5.74, 6) is -0.0879. The van der Waals surface area contributed by atoms with Crippen LogP contribution in [-0.4, -0.2) is 44.5 Å². The molecule has 2 rings (SSSR count). The number of rotatable bonds is 8. The average molecular weight is 398 g/mol. The van der Waals surface area contributed by atoms with E-state index in [-0.39, 0.29) is 37.2 Å². The molecule has 8 heteroatoms. The highest BCUT2D eigenvalue weighted by Gasteiger charge is 2.14. The second-order valence-electron chi connectivity index (χ2n) is 6.51. The fourth-order valence-corrected chi connectivity index (χ4v) is 2.93. The Morgan fingerprint density at radius 2 is 1.78 bits per heavy atom. The van der Waals surface area contributed by atoms with Gasteiger partial charge in [0.2, 0.25) is 11.8 Å². The molecule has 1 fully saturated rings. The van der Waals surface area contributed by atoms with E-state index >= 15 is 0 Å². The zero-order valence-electron chi connectivity index (χ0n) is 15.6. The van der Waals surface area contributed by atoms with Gasteiger partial charge in [-0.15, -0.1) is 12.4 Å². The standard InChI is InChI=1S/C19H27N3O4.ClH/c1-26-19(25)13-21-18(24)12-15-2-5-16(6-3-15)22-17(23)7-4-14-8-10-20-11-9-14;/h2-3,5-6,14,20H,4,7-13H2,1H3,(H,21,24)(H,22,23);1H. The molecule has 7 nitrogen and oxygen atoms in total. The van der Waals surface area contributed by atoms with E-state index in [0.717, 1.165) is 43.6 Å². The van der Waals surface area contributed by atoms with E-state index in [1.54, 1.807) is 24.3 Å². The molecule has 150 valence electrons. The minimum atomic E-state index is -0.485. The lowest BCUT2D eigenvalue weighted by Crippen LogP contribution is -2.31. The minimum absolute atomic E-state index is 0. The fraction of sp³-hybridized carbons (Fsp3) is 0.526. The van der Waals surface area contributed by atoms with Gasteiger partial charge in [0.25, 0.3) is 0 Å². The van der Waals surface area contributed by atoms with Crippen LogP contribution in [-0.2, 0) is 25.5 Å². The molecule has 0 atom stereocenters. The SMILES string of the molecule is COC(=O)CNC(=O)Cc1ccc(NC(=O)CCC2CCNCC2)cc1.Cl. The van der Waals surface area contributed by atoms with Crippen molar-refractivity contribution in [2.75, 3.05) is 32.1 Å². The predicted molar refractivity (Wildman–Crippen MR) is 106 cm³/mol. The number of esters is 1. The Morgan fingerprint density at radius 3 is 2.41 bits per heavy atom. The number of nitrogens with one attached hydrogen (secondary N) is 3. The Morgan fingerprint density at radius 1 is 1.11 bits per heavy atom. The first kappa shape index (κ1) is 22.9. The van der Waals surface area contributed by atoms with E-state index in [1.807, 2.05) is 0 Å². The van der Waals surface area contributed by atoms with Gasteiger partial charge >= 0.3 is 5.97 Å². The van der Waals surface area contributed by atoms with Crippen LogP contribution >= 0.6 is 12.4 Å². The number of ether oxygens (including phenoxy) is 1. The van der Waals surface area contributed by atoms with E-state index in [1.165, 1.54) is 7.11 Å². The monoisotopic (exact) mass is 397 g/mol. The number of hydrogen-bond acceptors (Lipinski definition) is 5. The maximum absolute atomic E-state index is 12.1. The van der Waals surface area contributed by atoms with Crippen LogP contribution in [0.2, 0.25) is 0 Å². The Bertz CT molecular complexity index is 616. The van der Waals surface area contributed by atoms with Crippen LogP contribution in [0, 0.1) is 5.92 Å². The summed E-state index contributed by atoms with van der Waals surface area (Å²) in [5, 5.41) is 8.71. The molecule has 0 aliphatic carbocycles. The topological polar surface area (TPSA) is 96.5 Å². The van der Waals surface area contributed by atoms with Gasteiger partial charge in [-0.05, 0) is 56.0 Å². The smallest absolute Gasteiger partial charge is 0.325 e. The number of methoxy groups -OCH3 is 1. The molecule has 1 aliphatic rings. The maximum atomic E-state index is 12.1. The van der Waals surface area contributed by atoms with Gasteiger partial charge in [-0.1, -0.05) is 12.1 Å². The molecule has 1 heterocycles. The lowest BCUT2D eigenvalue weighted by molar-refractivity contribution is -0.141. The summed E-state index contributed by atoms with van der Waals surface area (Å²) in [6, 6.07) is 7.15. The lowest BCUT2D eigenvalue weighted by atomic mass is 9.93. The molecule has 2 amide bonds. The molecule has 1 saturated heterocycles. The highest BCUT2D eigenvalue weighted by Crippen LogP contribution is 2.18. The van der Waals surface area contributed by atoms with Gasteiger partial charge in [-0.3, -0.25) is 14.4 Å². The summed E-state index contributed by atoms with van der Waals surface area (Å²) in [5.41, 5.74) is 1.53. The summed E-state index contributed by atoms with van der Waals surface area (Å²) in [6.45, 7) is 1.95. The van der Waals surface area contributed by atoms with E-state index in [0.29, 0.717) is 12.3 Å². The van der Waals surface area contributed by atoms with Crippen LogP contribution in [0.1, 0.15) is 31.2 Å². The van der Waals surface area contributed by atoms with Crippen LogP contribution in [0.3, 0.4) is 0 Å². The number of benzene rings is 1. The zero-order chi connectivity index (χ0) is 18.8. The molecule has 0 radical (unpaired) electrons. The second-order valence-corrected chi connectivity index (χ2v) is 6.51. The van der Waals surface area contributed by atoms with Crippen LogP contribution in [0.25, 0.3) is 0 Å². The summed E-state index contributed by atoms with van der Waals surface area (Å²) in [7, 11) is 1.27. The van der Waals surface area contributed by atoms with Crippen molar-refractivity contribution in [1.29, 1.82) is 0 Å². The van der Waals surface area contributed by atoms with Crippen LogP contribution in [0.5, 0.6) is 0 Å². The minimum Gasteiger partial charge on any atom is -0.468 e. The first-order valence-electron chi connectivity index (χ1n) is 9.00. The first-order valence-corrected chi connectivity index (χ1v) is 9.00. The van der Waals surface area contributed by atoms with Crippen molar-refractivity contribution < 1.29 is 19.1 Å². The molecule has 1 aromatic carbocycles. The summed E-state index contributed by atoms with van der Waals surface area (Å²) >= 11 is 0. The van der Waals surface area contributed by atoms with Crippen LogP contribution in [0.15, 0.2) is 24.3 Å². The Kier molecular flexibility index (Phi) is 10.4. The van der Waals surface area contributed by atoms with E-state index in [4.69, 9.17) is 0 Å². The van der Waals surface area contributed by atoms with Crippen LogP contribution in [0.4, 0.5) is 5.69 Å². The van der Waals surface area contributed by atoms with E-state index in [2.05, 4.69) is 20.7 Å². The normalized spacial score (nSPS) is 14.0. The van der Waals surface area contributed by atoms with E-state index in [9.17, 15) is 14.4 Å². The Balaban J connectivity index is 0.00000364. The molecule has 0 saturated carbocycles. The lowest BCUT2D eigenvalue weighted by Gasteiger charge is -2.22. The third-order valence-corrected chi connectivity index (χ3v) is 4.50. The molecule has 0 bridgehead atoms. The van der Waals surface area contributed by atoms with Crippen molar-refractivity contribution in [3.63, 3.8) is 0 Å². The van der Waals surface area contributed by atoms with Crippen molar-refractivity contribution in [3.8, 4) is 0 Å². The molecular weight excluding hydrogens is 370 g/mol. The Hall–Kier alpha value is -2.12. The van der Waals surface area contributed by atoms with Gasteiger partial charge in [-0.2, -0.15) is 0 Å². The number of halogens is 1. The number of hydrogen-bond donors (Lipinski definition) is 3. The van der Waals surface area contributed by atoms with Crippen molar-refractivity contribution in [2.45, 2.75) is 32.1 Å². The zero-order valence-corrected chi connectivity index (χ0v) is 16.4. The van der Waals surface area contributed by atoms with Crippen molar-refractivity contribution >= 4 is 35.9 Å². The number of piperidine rings is 1. The second kappa shape index (κ2) is 12.3. The van der Waals surface area contributed by atoms with Crippen molar-refractivity contribution in [1.82, 2.24) is 10.6 Å². The number of amides is 2. The number of carbonyl (C=O) groups is 3. The van der Waals surface area contributed by atoms with E-state index < -0.39 is 5.97 Å². The number of anilines is 1. The molecule has 0 unspecified atom stereocenters. The number of carbonyl (C=O) groups excluding carboxylic acids is 3. The molecule has 27 heavy (non-hydrogen) atoms. The molecular formula is C19H28ClN3O4.